The Morgan fingerprint density at radius 3 is 2.75 bits per heavy atom. The van der Waals surface area contributed by atoms with Crippen molar-refractivity contribution in [2.24, 2.45) is 5.73 Å². The van der Waals surface area contributed by atoms with E-state index in [4.69, 9.17) is 10.5 Å². The third-order valence-electron chi connectivity index (χ3n) is 1.68. The summed E-state index contributed by atoms with van der Waals surface area (Å²) in [5.41, 5.74) is 5.27. The van der Waals surface area contributed by atoms with E-state index in [1.54, 1.807) is 7.11 Å². The van der Waals surface area contributed by atoms with Crippen molar-refractivity contribution in [2.45, 2.75) is 12.5 Å². The molecule has 0 aromatic carbocycles. The predicted molar refractivity (Wildman–Crippen MR) is 49.1 cm³/mol. The lowest BCUT2D eigenvalue weighted by atomic mass is 10.3. The Morgan fingerprint density at radius 1 is 1.58 bits per heavy atom. The van der Waals surface area contributed by atoms with E-state index in [2.05, 4.69) is 4.90 Å². The maximum Gasteiger partial charge on any atom is 0.0788 e. The van der Waals surface area contributed by atoms with Crippen molar-refractivity contribution in [1.82, 2.24) is 4.90 Å². The van der Waals surface area contributed by atoms with Crippen molar-refractivity contribution < 1.29 is 9.84 Å². The molecule has 12 heavy (non-hydrogen) atoms. The van der Waals surface area contributed by atoms with E-state index in [9.17, 15) is 5.11 Å². The number of nitrogens with zero attached hydrogens (tertiary/aromatic N) is 1. The molecule has 0 bridgehead atoms. The SMILES string of the molecule is COCCCN(C)CC(O)CN. The Bertz CT molecular complexity index is 101. The highest BCUT2D eigenvalue weighted by atomic mass is 16.5. The molecule has 0 aliphatic heterocycles. The molecule has 0 fully saturated rings. The highest BCUT2D eigenvalue weighted by Gasteiger charge is 2.04. The Labute approximate surface area is 74.3 Å². The molecule has 0 saturated carbocycles. The maximum atomic E-state index is 9.19. The molecule has 0 aliphatic carbocycles. The number of aliphatic hydroxyl groups excluding tert-OH is 1. The highest BCUT2D eigenvalue weighted by Crippen LogP contribution is 1.90. The summed E-state index contributed by atoms with van der Waals surface area (Å²) < 4.78 is 4.91. The molecule has 74 valence electrons. The van der Waals surface area contributed by atoms with Crippen LogP contribution in [0.3, 0.4) is 0 Å². The van der Waals surface area contributed by atoms with Crippen LogP contribution in [0.1, 0.15) is 6.42 Å². The van der Waals surface area contributed by atoms with Crippen molar-refractivity contribution in [2.75, 3.05) is 40.4 Å². The van der Waals surface area contributed by atoms with Gasteiger partial charge in [-0.25, -0.2) is 0 Å². The third-order valence-corrected chi connectivity index (χ3v) is 1.68. The summed E-state index contributed by atoms with van der Waals surface area (Å²) >= 11 is 0. The van der Waals surface area contributed by atoms with Gasteiger partial charge in [-0.2, -0.15) is 0 Å². The minimum atomic E-state index is -0.405. The number of hydrogen-bond acceptors (Lipinski definition) is 4. The van der Waals surface area contributed by atoms with Crippen LogP contribution in [-0.4, -0.2) is 56.5 Å². The van der Waals surface area contributed by atoms with E-state index in [1.807, 2.05) is 7.05 Å². The number of methoxy groups -OCH3 is 1. The standard InChI is InChI=1S/C8H20N2O2/c1-10(4-3-5-12-2)7-8(11)6-9/h8,11H,3-7,9H2,1-2H3. The second kappa shape index (κ2) is 7.49. The average molecular weight is 176 g/mol. The van der Waals surface area contributed by atoms with Gasteiger partial charge in [-0.3, -0.25) is 0 Å². The number of likely N-dealkylation sites (N-methyl/N-ethyl adjacent to an activating group) is 1. The molecule has 0 heterocycles. The fraction of sp³-hybridized carbons (Fsp3) is 1.00. The van der Waals surface area contributed by atoms with Crippen molar-refractivity contribution in [3.8, 4) is 0 Å². The Kier molecular flexibility index (Phi) is 7.39. The summed E-state index contributed by atoms with van der Waals surface area (Å²) in [6.45, 7) is 2.67. The van der Waals surface area contributed by atoms with E-state index in [1.165, 1.54) is 0 Å². The first kappa shape index (κ1) is 11.8. The second-order valence-corrected chi connectivity index (χ2v) is 3.00. The van der Waals surface area contributed by atoms with Crippen LogP contribution < -0.4 is 5.73 Å². The van der Waals surface area contributed by atoms with Gasteiger partial charge in [0.05, 0.1) is 6.10 Å². The fourth-order valence-electron chi connectivity index (χ4n) is 1.00. The first-order valence-corrected chi connectivity index (χ1v) is 4.26. The van der Waals surface area contributed by atoms with Gasteiger partial charge in [0.2, 0.25) is 0 Å². The van der Waals surface area contributed by atoms with Crippen LogP contribution in [0, 0.1) is 0 Å². The lowest BCUT2D eigenvalue weighted by Gasteiger charge is -2.18. The molecule has 0 saturated heterocycles. The fourth-order valence-corrected chi connectivity index (χ4v) is 1.00. The van der Waals surface area contributed by atoms with Crippen LogP contribution in [0.25, 0.3) is 0 Å². The molecular weight excluding hydrogens is 156 g/mol. The largest absolute Gasteiger partial charge is 0.390 e. The van der Waals surface area contributed by atoms with Crippen LogP contribution >= 0.6 is 0 Å². The number of ether oxygens (including phenoxy) is 1. The van der Waals surface area contributed by atoms with Gasteiger partial charge in [-0.1, -0.05) is 0 Å². The lowest BCUT2D eigenvalue weighted by molar-refractivity contribution is 0.122. The molecule has 1 atom stereocenters. The molecular formula is C8H20N2O2. The number of rotatable bonds is 7. The van der Waals surface area contributed by atoms with Gasteiger partial charge in [-0.05, 0) is 13.5 Å². The van der Waals surface area contributed by atoms with Crippen molar-refractivity contribution in [3.05, 3.63) is 0 Å². The summed E-state index contributed by atoms with van der Waals surface area (Å²) in [6.07, 6.45) is 0.585. The molecule has 0 radical (unpaired) electrons. The molecule has 0 aliphatic rings. The zero-order chi connectivity index (χ0) is 9.40. The number of aliphatic hydroxyl groups is 1. The van der Waals surface area contributed by atoms with E-state index < -0.39 is 6.10 Å². The van der Waals surface area contributed by atoms with E-state index >= 15 is 0 Å². The molecule has 0 aromatic rings. The molecule has 4 nitrogen and oxygen atoms in total. The first-order chi connectivity index (χ1) is 5.70. The molecule has 3 N–H and O–H groups in total. The molecule has 4 heteroatoms. The normalized spacial score (nSPS) is 13.8. The quantitative estimate of drug-likeness (QED) is 0.502. The smallest absolute Gasteiger partial charge is 0.0788 e. The topological polar surface area (TPSA) is 58.7 Å². The molecule has 0 rings (SSSR count). The van der Waals surface area contributed by atoms with Crippen LogP contribution in [-0.2, 0) is 4.74 Å². The summed E-state index contributed by atoms with van der Waals surface area (Å²) in [6, 6.07) is 0. The maximum absolute atomic E-state index is 9.19. The van der Waals surface area contributed by atoms with Crippen molar-refractivity contribution >= 4 is 0 Å². The summed E-state index contributed by atoms with van der Waals surface area (Å²) in [7, 11) is 3.66. The van der Waals surface area contributed by atoms with Gasteiger partial charge in [-0.15, -0.1) is 0 Å². The third kappa shape index (κ3) is 6.54. The minimum absolute atomic E-state index is 0.328. The van der Waals surface area contributed by atoms with Gasteiger partial charge in [0.25, 0.3) is 0 Å². The van der Waals surface area contributed by atoms with Crippen LogP contribution in [0.4, 0.5) is 0 Å². The Balaban J connectivity index is 3.26. The molecule has 0 spiro atoms. The number of hydrogen-bond donors (Lipinski definition) is 2. The van der Waals surface area contributed by atoms with E-state index in [0.717, 1.165) is 19.6 Å². The van der Waals surface area contributed by atoms with Gasteiger partial charge in [0, 0.05) is 33.4 Å². The monoisotopic (exact) mass is 176 g/mol. The van der Waals surface area contributed by atoms with Gasteiger partial charge < -0.3 is 20.5 Å². The van der Waals surface area contributed by atoms with Gasteiger partial charge in [0.15, 0.2) is 0 Å². The molecule has 0 aromatic heterocycles. The predicted octanol–water partition coefficient (Wildman–Crippen LogP) is -0.726. The van der Waals surface area contributed by atoms with Crippen molar-refractivity contribution in [1.29, 1.82) is 0 Å². The Morgan fingerprint density at radius 2 is 2.25 bits per heavy atom. The Hall–Kier alpha value is -0.160. The van der Waals surface area contributed by atoms with Crippen molar-refractivity contribution in [3.63, 3.8) is 0 Å². The minimum Gasteiger partial charge on any atom is -0.390 e. The van der Waals surface area contributed by atoms with Crippen LogP contribution in [0.5, 0.6) is 0 Å². The number of nitrogens with two attached hydrogens (primary N) is 1. The van der Waals surface area contributed by atoms with E-state index in [-0.39, 0.29) is 0 Å². The molecule has 0 amide bonds. The van der Waals surface area contributed by atoms with Crippen LogP contribution in [0.2, 0.25) is 0 Å². The summed E-state index contributed by atoms with van der Waals surface area (Å²) in [4.78, 5) is 2.05. The molecule has 1 unspecified atom stereocenters. The lowest BCUT2D eigenvalue weighted by Crippen LogP contribution is -2.34. The zero-order valence-electron chi connectivity index (χ0n) is 7.99. The summed E-state index contributed by atoms with van der Waals surface area (Å²) in [5.74, 6) is 0. The van der Waals surface area contributed by atoms with E-state index in [0.29, 0.717) is 13.1 Å². The second-order valence-electron chi connectivity index (χ2n) is 3.00. The first-order valence-electron chi connectivity index (χ1n) is 4.26. The summed E-state index contributed by atoms with van der Waals surface area (Å²) in [5, 5.41) is 9.19. The average Bonchev–Trinajstić information content (AvgIpc) is 2.05. The zero-order valence-corrected chi connectivity index (χ0v) is 7.99. The van der Waals surface area contributed by atoms with Gasteiger partial charge >= 0.3 is 0 Å². The van der Waals surface area contributed by atoms with Crippen LogP contribution in [0.15, 0.2) is 0 Å². The highest BCUT2D eigenvalue weighted by molar-refractivity contribution is 4.61. The van der Waals surface area contributed by atoms with Gasteiger partial charge in [0.1, 0.15) is 0 Å².